The molecule has 0 heterocycles. The lowest BCUT2D eigenvalue weighted by Crippen LogP contribution is -2.13. The van der Waals surface area contributed by atoms with Crippen LogP contribution >= 0.6 is 0 Å². The van der Waals surface area contributed by atoms with Crippen LogP contribution < -0.4 is 0 Å². The van der Waals surface area contributed by atoms with E-state index in [1.165, 1.54) is 0 Å². The Morgan fingerprint density at radius 1 is 0.810 bits per heavy atom. The number of carbonyl (C=O) groups is 1. The molecule has 0 rings (SSSR count). The van der Waals surface area contributed by atoms with Crippen LogP contribution in [0, 0.1) is 5.92 Å². The highest BCUT2D eigenvalue weighted by molar-refractivity contribution is 5.71. The minimum atomic E-state index is -0.125. The first-order valence-corrected chi connectivity index (χ1v) is 6.78. The molecule has 0 aromatic rings. The van der Waals surface area contributed by atoms with Gasteiger partial charge in [0.15, 0.2) is 0 Å². The van der Waals surface area contributed by atoms with Gasteiger partial charge in [0.2, 0.25) is 0 Å². The second-order valence-electron chi connectivity index (χ2n) is 3.40. The summed E-state index contributed by atoms with van der Waals surface area (Å²) in [6, 6.07) is 0. The second kappa shape index (κ2) is 31.6. The van der Waals surface area contributed by atoms with Crippen molar-refractivity contribution in [1.29, 1.82) is 0 Å². The topological polar surface area (TPSA) is 148 Å². The summed E-state index contributed by atoms with van der Waals surface area (Å²) in [6.45, 7) is 5.41. The molecule has 0 bridgehead atoms. The third-order valence-electron chi connectivity index (χ3n) is 1.60. The third kappa shape index (κ3) is 45.3. The molecule has 6 N–H and O–H groups in total. The van der Waals surface area contributed by atoms with Gasteiger partial charge >= 0.3 is 5.97 Å². The van der Waals surface area contributed by atoms with Crippen molar-refractivity contribution in [2.45, 2.75) is 27.2 Å². The smallest absolute Gasteiger partial charge is 0.308 e. The zero-order valence-electron chi connectivity index (χ0n) is 13.2. The lowest BCUT2D eigenvalue weighted by Gasteiger charge is -2.05. The Morgan fingerprint density at radius 2 is 1.10 bits per heavy atom. The summed E-state index contributed by atoms with van der Waals surface area (Å²) in [5.41, 5.74) is 0. The van der Waals surface area contributed by atoms with E-state index in [-0.39, 0.29) is 51.5 Å². The lowest BCUT2D eigenvalue weighted by atomic mass is 10.1. The number of hydrogen-bond acceptors (Lipinski definition) is 8. The first-order valence-electron chi connectivity index (χ1n) is 6.78. The van der Waals surface area contributed by atoms with Gasteiger partial charge in [-0.2, -0.15) is 0 Å². The van der Waals surface area contributed by atoms with Crippen molar-refractivity contribution in [3.8, 4) is 0 Å². The van der Waals surface area contributed by atoms with Gasteiger partial charge in [0.05, 0.1) is 52.2 Å². The Balaban J connectivity index is -0.000000102. The molecule has 0 aromatic carbocycles. The van der Waals surface area contributed by atoms with Crippen LogP contribution in [-0.4, -0.2) is 82.9 Å². The fourth-order valence-corrected chi connectivity index (χ4v) is 0.451. The highest BCUT2D eigenvalue weighted by Gasteiger charge is 2.09. The SMILES string of the molecule is CCOC(=O)C(C)CC.OCCO.OCCO.OCCO. The van der Waals surface area contributed by atoms with Crippen LogP contribution in [0.5, 0.6) is 0 Å². The van der Waals surface area contributed by atoms with Crippen LogP contribution in [0.25, 0.3) is 0 Å². The van der Waals surface area contributed by atoms with Crippen LogP contribution in [-0.2, 0) is 9.53 Å². The molecule has 0 aromatic heterocycles. The molecule has 0 spiro atoms. The summed E-state index contributed by atoms with van der Waals surface area (Å²) >= 11 is 0. The number of esters is 1. The number of aliphatic hydroxyl groups excluding tert-OH is 6. The molecule has 1 atom stereocenters. The van der Waals surface area contributed by atoms with Crippen LogP contribution in [0.15, 0.2) is 0 Å². The first-order chi connectivity index (χ1) is 9.96. The minimum Gasteiger partial charge on any atom is -0.466 e. The Morgan fingerprint density at radius 3 is 1.24 bits per heavy atom. The van der Waals surface area contributed by atoms with Crippen molar-refractivity contribution in [2.75, 3.05) is 46.2 Å². The van der Waals surface area contributed by atoms with Crippen molar-refractivity contribution in [1.82, 2.24) is 0 Å². The van der Waals surface area contributed by atoms with Gasteiger partial charge in [-0.1, -0.05) is 13.8 Å². The fraction of sp³-hybridized carbons (Fsp3) is 0.923. The van der Waals surface area contributed by atoms with Gasteiger partial charge in [-0.3, -0.25) is 4.79 Å². The van der Waals surface area contributed by atoms with E-state index in [4.69, 9.17) is 35.4 Å². The Labute approximate surface area is 126 Å². The summed E-state index contributed by atoms with van der Waals surface area (Å²) < 4.78 is 4.76. The maximum absolute atomic E-state index is 10.8. The summed E-state index contributed by atoms with van der Waals surface area (Å²) in [5.74, 6) is -0.0232. The van der Waals surface area contributed by atoms with Gasteiger partial charge in [-0.15, -0.1) is 0 Å². The fourth-order valence-electron chi connectivity index (χ4n) is 0.451. The molecule has 0 radical (unpaired) electrons. The molecule has 0 aliphatic carbocycles. The molecular formula is C13H32O8. The number of ether oxygens (including phenoxy) is 1. The van der Waals surface area contributed by atoms with Gasteiger partial charge in [0.1, 0.15) is 0 Å². The number of aliphatic hydroxyl groups is 6. The predicted octanol–water partition coefficient (Wildman–Crippen LogP) is -1.49. The van der Waals surface area contributed by atoms with Crippen molar-refractivity contribution >= 4 is 5.97 Å². The van der Waals surface area contributed by atoms with E-state index in [9.17, 15) is 4.79 Å². The quantitative estimate of drug-likeness (QED) is 0.325. The summed E-state index contributed by atoms with van der Waals surface area (Å²) in [4.78, 5) is 10.8. The van der Waals surface area contributed by atoms with E-state index in [1.54, 1.807) is 0 Å². The number of carbonyl (C=O) groups excluding carboxylic acids is 1. The van der Waals surface area contributed by atoms with E-state index in [1.807, 2.05) is 20.8 Å². The van der Waals surface area contributed by atoms with Gasteiger partial charge < -0.3 is 35.4 Å². The van der Waals surface area contributed by atoms with E-state index < -0.39 is 0 Å². The number of hydrogen-bond donors (Lipinski definition) is 6. The van der Waals surface area contributed by atoms with Crippen LogP contribution in [0.1, 0.15) is 27.2 Å². The predicted molar refractivity (Wildman–Crippen MR) is 78.6 cm³/mol. The molecule has 0 fully saturated rings. The molecule has 21 heavy (non-hydrogen) atoms. The van der Waals surface area contributed by atoms with Crippen molar-refractivity contribution in [3.05, 3.63) is 0 Å². The molecule has 0 aliphatic rings. The second-order valence-corrected chi connectivity index (χ2v) is 3.40. The Bertz CT molecular complexity index is 151. The largest absolute Gasteiger partial charge is 0.466 e. The van der Waals surface area contributed by atoms with Gasteiger partial charge in [0.25, 0.3) is 0 Å². The molecular weight excluding hydrogens is 284 g/mol. The van der Waals surface area contributed by atoms with Crippen LogP contribution in [0.2, 0.25) is 0 Å². The number of rotatable bonds is 6. The lowest BCUT2D eigenvalue weighted by molar-refractivity contribution is -0.147. The average molecular weight is 316 g/mol. The Hall–Kier alpha value is -0.770. The molecule has 1 unspecified atom stereocenters. The van der Waals surface area contributed by atoms with Gasteiger partial charge in [-0.05, 0) is 13.3 Å². The summed E-state index contributed by atoms with van der Waals surface area (Å²) in [5, 5.41) is 45.8. The van der Waals surface area contributed by atoms with E-state index in [0.717, 1.165) is 6.42 Å². The Kier molecular flexibility index (Phi) is 42.7. The molecule has 0 saturated carbocycles. The molecule has 0 aliphatic heterocycles. The first kappa shape index (κ1) is 28.4. The summed E-state index contributed by atoms with van der Waals surface area (Å²) in [7, 11) is 0. The standard InChI is InChI=1S/C7H14O2.3C2H6O2/c1-4-6(3)7(8)9-5-2;3*3-1-2-4/h6H,4-5H2,1-3H3;3*3-4H,1-2H2. The zero-order valence-corrected chi connectivity index (χ0v) is 13.2. The normalized spacial score (nSPS) is 9.76. The highest BCUT2D eigenvalue weighted by Crippen LogP contribution is 2.01. The maximum Gasteiger partial charge on any atom is 0.308 e. The third-order valence-corrected chi connectivity index (χ3v) is 1.60. The molecule has 0 saturated heterocycles. The molecule has 0 amide bonds. The minimum absolute atomic E-state index is 0.0601. The van der Waals surface area contributed by atoms with Crippen LogP contribution in [0.3, 0.4) is 0 Å². The van der Waals surface area contributed by atoms with Crippen LogP contribution in [0.4, 0.5) is 0 Å². The van der Waals surface area contributed by atoms with Gasteiger partial charge in [-0.25, -0.2) is 0 Å². The van der Waals surface area contributed by atoms with Crippen molar-refractivity contribution < 1.29 is 40.2 Å². The molecule has 8 nitrogen and oxygen atoms in total. The van der Waals surface area contributed by atoms with E-state index in [0.29, 0.717) is 6.61 Å². The molecule has 132 valence electrons. The highest BCUT2D eigenvalue weighted by atomic mass is 16.5. The van der Waals surface area contributed by atoms with Crippen molar-refractivity contribution in [2.24, 2.45) is 5.92 Å². The van der Waals surface area contributed by atoms with E-state index in [2.05, 4.69) is 0 Å². The van der Waals surface area contributed by atoms with Gasteiger partial charge in [0, 0.05) is 0 Å². The average Bonchev–Trinajstić information content (AvgIpc) is 2.54. The maximum atomic E-state index is 10.8. The zero-order chi connectivity index (χ0) is 17.5. The summed E-state index contributed by atoms with van der Waals surface area (Å²) in [6.07, 6.45) is 0.860. The van der Waals surface area contributed by atoms with Crippen molar-refractivity contribution in [3.63, 3.8) is 0 Å². The van der Waals surface area contributed by atoms with E-state index >= 15 is 0 Å². The molecule has 8 heteroatoms. The monoisotopic (exact) mass is 316 g/mol.